The minimum atomic E-state index is -2.94. The number of carboxylic acid groups (broad SMARTS) is 1. The van der Waals surface area contributed by atoms with E-state index in [1.165, 1.54) is 0 Å². The molecular formula is C4H11NaO4Si. The van der Waals surface area contributed by atoms with Crippen LogP contribution in [0.5, 0.6) is 0 Å². The number of rotatable bonds is 3. The van der Waals surface area contributed by atoms with Gasteiger partial charge in [0.15, 0.2) is 0 Å². The van der Waals surface area contributed by atoms with Crippen LogP contribution in [0.4, 0.5) is 0 Å². The number of hydrogen-bond acceptors (Lipinski definition) is 3. The third kappa shape index (κ3) is 4.43. The van der Waals surface area contributed by atoms with Crippen molar-refractivity contribution in [3.05, 3.63) is 0 Å². The molecule has 56 valence electrons. The summed E-state index contributed by atoms with van der Waals surface area (Å²) in [5.74, 6) is -1.11. The van der Waals surface area contributed by atoms with Gasteiger partial charge in [-0.05, 0) is 6.42 Å². The summed E-state index contributed by atoms with van der Waals surface area (Å²) in [5, 5.41) is 8.26. The maximum absolute atomic E-state index is 10.1. The monoisotopic (exact) mass is 174 g/mol. The fourth-order valence-corrected chi connectivity index (χ4v) is 1.19. The summed E-state index contributed by atoms with van der Waals surface area (Å²) in [4.78, 5) is 27.1. The van der Waals surface area contributed by atoms with Gasteiger partial charge in [-0.1, -0.05) is 6.92 Å². The molecule has 0 aromatic carbocycles. The summed E-state index contributed by atoms with van der Waals surface area (Å²) in [6, 6.07) is 0. The van der Waals surface area contributed by atoms with Gasteiger partial charge in [-0.25, -0.2) is 0 Å². The molecule has 0 aliphatic rings. The molecule has 0 bridgehead atoms. The molecule has 0 aromatic heterocycles. The van der Waals surface area contributed by atoms with Crippen LogP contribution in [-0.2, 0) is 4.79 Å². The average Bonchev–Trinajstić information content (AvgIpc) is 1.64. The van der Waals surface area contributed by atoms with Crippen molar-refractivity contribution in [2.24, 2.45) is 0 Å². The fraction of sp³-hybridized carbons (Fsp3) is 0.750. The minimum absolute atomic E-state index is 0. The molecule has 0 rings (SSSR count). The van der Waals surface area contributed by atoms with Crippen LogP contribution in [0.15, 0.2) is 0 Å². The van der Waals surface area contributed by atoms with Crippen molar-refractivity contribution in [3.63, 3.8) is 0 Å². The summed E-state index contributed by atoms with van der Waals surface area (Å²) in [7, 11) is -2.94. The molecule has 10 heavy (non-hydrogen) atoms. The Bertz CT molecular complexity index is 112. The first-order chi connectivity index (χ1) is 4.09. The van der Waals surface area contributed by atoms with Gasteiger partial charge in [0.05, 0.1) is 5.54 Å². The van der Waals surface area contributed by atoms with E-state index in [4.69, 9.17) is 14.7 Å². The van der Waals surface area contributed by atoms with E-state index in [2.05, 4.69) is 0 Å². The van der Waals surface area contributed by atoms with Crippen LogP contribution >= 0.6 is 0 Å². The van der Waals surface area contributed by atoms with E-state index in [1.54, 1.807) is 6.92 Å². The van der Waals surface area contributed by atoms with E-state index in [9.17, 15) is 4.79 Å². The first kappa shape index (κ1) is 13.2. The summed E-state index contributed by atoms with van der Waals surface area (Å²) in [6.45, 7) is 1.62. The smallest absolute Gasteiger partial charge is 1.00 e. The predicted molar refractivity (Wildman–Crippen MR) is 34.4 cm³/mol. The largest absolute Gasteiger partial charge is 1.00 e. The van der Waals surface area contributed by atoms with Gasteiger partial charge in [-0.2, -0.15) is 0 Å². The molecular weight excluding hydrogens is 163 g/mol. The van der Waals surface area contributed by atoms with Gasteiger partial charge in [-0.3, -0.25) is 4.79 Å². The van der Waals surface area contributed by atoms with Crippen LogP contribution in [0, 0.1) is 0 Å². The molecule has 0 heterocycles. The van der Waals surface area contributed by atoms with Crippen LogP contribution in [0.25, 0.3) is 0 Å². The summed E-state index contributed by atoms with van der Waals surface area (Å²) in [6.07, 6.45) is 0.291. The van der Waals surface area contributed by atoms with E-state index in [-0.39, 0.29) is 31.0 Å². The van der Waals surface area contributed by atoms with E-state index in [0.717, 1.165) is 0 Å². The first-order valence-electron chi connectivity index (χ1n) is 2.68. The van der Waals surface area contributed by atoms with Crippen molar-refractivity contribution in [2.75, 3.05) is 0 Å². The Morgan fingerprint density at radius 2 is 2.10 bits per heavy atom. The number of carbonyl (C=O) groups is 1. The van der Waals surface area contributed by atoms with E-state index < -0.39 is 20.8 Å². The Morgan fingerprint density at radius 3 is 2.10 bits per heavy atom. The Hall–Kier alpha value is 0.607. The molecule has 0 aliphatic heterocycles. The average molecular weight is 174 g/mol. The van der Waals surface area contributed by atoms with Crippen molar-refractivity contribution in [2.45, 2.75) is 18.9 Å². The summed E-state index contributed by atoms with van der Waals surface area (Å²) >= 11 is 0. The van der Waals surface area contributed by atoms with Gasteiger partial charge < -0.3 is 16.1 Å². The molecule has 3 N–H and O–H groups in total. The van der Waals surface area contributed by atoms with Gasteiger partial charge in [0.1, 0.15) is 0 Å². The molecule has 0 saturated carbocycles. The second-order valence-electron chi connectivity index (χ2n) is 1.77. The van der Waals surface area contributed by atoms with Crippen LogP contribution in [0.3, 0.4) is 0 Å². The topological polar surface area (TPSA) is 77.8 Å². The molecule has 4 nitrogen and oxygen atoms in total. The normalized spacial score (nSPS) is 12.4. The van der Waals surface area contributed by atoms with Crippen molar-refractivity contribution >= 4 is 15.3 Å². The maximum Gasteiger partial charge on any atom is 1.00 e. The third-order valence-corrected chi connectivity index (χ3v) is 2.59. The summed E-state index contributed by atoms with van der Waals surface area (Å²) in [5.41, 5.74) is -0.912. The van der Waals surface area contributed by atoms with Crippen molar-refractivity contribution in [1.82, 2.24) is 0 Å². The molecule has 0 saturated heterocycles. The fourth-order valence-electron chi connectivity index (χ4n) is 0.513. The van der Waals surface area contributed by atoms with Crippen molar-refractivity contribution in [3.8, 4) is 0 Å². The molecule has 0 spiro atoms. The first-order valence-corrected chi connectivity index (χ1v) is 4.38. The standard InChI is InChI=1S/C4H10O4Si.Na.H/c1-2-3(4(5)6)9(7)8;;/h3,7-9H,2H2,1H3,(H,5,6);;/q;+1;-1. The SMILES string of the molecule is CCC(C(=O)O)[SiH](O)O.[H-].[Na+]. The van der Waals surface area contributed by atoms with Crippen molar-refractivity contribution in [1.29, 1.82) is 0 Å². The Balaban J connectivity index is -0.000000320. The van der Waals surface area contributed by atoms with E-state index >= 15 is 0 Å². The van der Waals surface area contributed by atoms with Crippen LogP contribution < -0.4 is 29.6 Å². The van der Waals surface area contributed by atoms with Gasteiger partial charge in [0.2, 0.25) is 0 Å². The zero-order chi connectivity index (χ0) is 7.44. The maximum atomic E-state index is 10.1. The molecule has 1 atom stereocenters. The molecule has 0 aliphatic carbocycles. The third-order valence-electron chi connectivity index (χ3n) is 1.12. The van der Waals surface area contributed by atoms with Crippen LogP contribution in [-0.4, -0.2) is 30.0 Å². The molecule has 1 unspecified atom stereocenters. The molecule has 0 amide bonds. The second kappa shape index (κ2) is 6.33. The molecule has 0 aromatic rings. The number of carboxylic acids is 1. The Morgan fingerprint density at radius 1 is 1.70 bits per heavy atom. The van der Waals surface area contributed by atoms with Gasteiger partial charge >= 0.3 is 44.8 Å². The van der Waals surface area contributed by atoms with Crippen molar-refractivity contribution < 1.29 is 50.5 Å². The summed E-state index contributed by atoms with van der Waals surface area (Å²) < 4.78 is 0. The minimum Gasteiger partial charge on any atom is -1.00 e. The van der Waals surface area contributed by atoms with E-state index in [1.807, 2.05) is 0 Å². The molecule has 0 fully saturated rings. The number of hydrogen-bond donors (Lipinski definition) is 3. The zero-order valence-electron chi connectivity index (χ0n) is 7.11. The second-order valence-corrected chi connectivity index (χ2v) is 3.40. The van der Waals surface area contributed by atoms with Gasteiger partial charge in [-0.15, -0.1) is 0 Å². The van der Waals surface area contributed by atoms with Crippen LogP contribution in [0.1, 0.15) is 14.8 Å². The quantitative estimate of drug-likeness (QED) is 0.383. The molecule has 0 radical (unpaired) electrons. The van der Waals surface area contributed by atoms with E-state index in [0.29, 0.717) is 6.42 Å². The Kier molecular flexibility index (Phi) is 8.36. The van der Waals surface area contributed by atoms with Crippen LogP contribution in [0.2, 0.25) is 5.54 Å². The Labute approximate surface area is 84.5 Å². The van der Waals surface area contributed by atoms with Gasteiger partial charge in [0, 0.05) is 0 Å². The predicted octanol–water partition coefficient (Wildman–Crippen LogP) is -3.83. The number of aliphatic carboxylic acids is 1. The zero-order valence-corrected chi connectivity index (χ0v) is 9.27. The molecule has 6 heteroatoms. The van der Waals surface area contributed by atoms with Gasteiger partial charge in [0.25, 0.3) is 0 Å².